The van der Waals surface area contributed by atoms with Gasteiger partial charge in [0.2, 0.25) is 15.9 Å². The van der Waals surface area contributed by atoms with Crippen molar-refractivity contribution in [1.29, 1.82) is 0 Å². The zero-order valence-corrected chi connectivity index (χ0v) is 22.0. The van der Waals surface area contributed by atoms with Crippen LogP contribution >= 0.6 is 0 Å². The summed E-state index contributed by atoms with van der Waals surface area (Å²) in [4.78, 5) is 12.8. The molecule has 0 radical (unpaired) electrons. The van der Waals surface area contributed by atoms with Crippen molar-refractivity contribution >= 4 is 33.8 Å². The maximum Gasteiger partial charge on any atom is 0.248 e. The number of hydrogen-bond donors (Lipinski definition) is 1. The zero-order valence-electron chi connectivity index (χ0n) is 21.1. The Hall–Kier alpha value is -3.37. The normalized spacial score (nSPS) is 16.9. The summed E-state index contributed by atoms with van der Waals surface area (Å²) in [5, 5.41) is 6.27. The fourth-order valence-corrected chi connectivity index (χ4v) is 6.52. The first kappa shape index (κ1) is 26.7. The molecule has 7 nitrogen and oxygen atoms in total. The topological polar surface area (TPSA) is 92.5 Å². The number of sulfonamides is 1. The number of hydrogen-bond acceptors (Lipinski definition) is 5. The van der Waals surface area contributed by atoms with E-state index in [9.17, 15) is 22.0 Å². The molecule has 1 amide bonds. The lowest BCUT2D eigenvalue weighted by molar-refractivity contribution is -0.120. The molecule has 1 aliphatic heterocycles. The summed E-state index contributed by atoms with van der Waals surface area (Å²) >= 11 is 0. The lowest BCUT2D eigenvalue weighted by Gasteiger charge is -2.31. The standard InChI is InChI=1S/C27H29F2N3O4S/c1-16-12-17(2)22(18(3)13-16)8-10-25-26(19(4)31-36-25)37(34,35)32-11-5-6-20(15-32)27(33)30-24-14-21(28)7-9-23(24)29/h7-10,12-14,20H,5-6,11,15H2,1-4H3,(H,30,33)/b10-8+/t20-/m0/s1. The molecule has 1 saturated heterocycles. The summed E-state index contributed by atoms with van der Waals surface area (Å²) in [6, 6.07) is 6.86. The Labute approximate surface area is 215 Å². The minimum Gasteiger partial charge on any atom is -0.355 e. The molecule has 0 saturated carbocycles. The summed E-state index contributed by atoms with van der Waals surface area (Å²) in [6.45, 7) is 7.64. The molecule has 4 rings (SSSR count). The van der Waals surface area contributed by atoms with Crippen LogP contribution < -0.4 is 5.32 Å². The molecule has 0 unspecified atom stereocenters. The Morgan fingerprint density at radius 3 is 2.51 bits per heavy atom. The van der Waals surface area contributed by atoms with Crippen LogP contribution in [0, 0.1) is 45.2 Å². The molecule has 10 heteroatoms. The second-order valence-corrected chi connectivity index (χ2v) is 11.3. The van der Waals surface area contributed by atoms with Gasteiger partial charge >= 0.3 is 0 Å². The number of aromatic nitrogens is 1. The van der Waals surface area contributed by atoms with Gasteiger partial charge in [0.15, 0.2) is 10.7 Å². The van der Waals surface area contributed by atoms with E-state index in [0.29, 0.717) is 12.8 Å². The minimum absolute atomic E-state index is 0.0524. The van der Waals surface area contributed by atoms with E-state index in [4.69, 9.17) is 4.52 Å². The zero-order chi connectivity index (χ0) is 26.9. The summed E-state index contributed by atoms with van der Waals surface area (Å²) in [5.41, 5.74) is 4.12. The first-order valence-electron chi connectivity index (χ1n) is 12.0. The lowest BCUT2D eigenvalue weighted by Crippen LogP contribution is -2.44. The van der Waals surface area contributed by atoms with Crippen molar-refractivity contribution in [1.82, 2.24) is 9.46 Å². The highest BCUT2D eigenvalue weighted by Crippen LogP contribution is 2.30. The first-order chi connectivity index (χ1) is 17.5. The second-order valence-electron chi connectivity index (χ2n) is 9.42. The molecule has 3 aromatic rings. The van der Waals surface area contributed by atoms with Crippen LogP contribution in [-0.4, -0.2) is 36.9 Å². The van der Waals surface area contributed by atoms with Crippen molar-refractivity contribution in [2.24, 2.45) is 5.92 Å². The molecule has 2 aromatic carbocycles. The van der Waals surface area contributed by atoms with Crippen LogP contribution in [0.1, 0.15) is 46.5 Å². The quantitative estimate of drug-likeness (QED) is 0.462. The molecule has 1 aliphatic rings. The van der Waals surface area contributed by atoms with Gasteiger partial charge in [-0.1, -0.05) is 28.9 Å². The van der Waals surface area contributed by atoms with Crippen LogP contribution in [0.25, 0.3) is 12.2 Å². The SMILES string of the molecule is Cc1cc(C)c(/C=C/c2onc(C)c2S(=O)(=O)N2CCC[C@H](C(=O)Nc3cc(F)ccc3F)C2)c(C)c1. The fourth-order valence-electron chi connectivity index (χ4n) is 4.74. The van der Waals surface area contributed by atoms with Crippen LogP contribution in [-0.2, 0) is 14.8 Å². The third-order valence-electron chi connectivity index (χ3n) is 6.51. The molecule has 37 heavy (non-hydrogen) atoms. The number of rotatable bonds is 6. The molecule has 1 atom stereocenters. The summed E-state index contributed by atoms with van der Waals surface area (Å²) < 4.78 is 61.4. The van der Waals surface area contributed by atoms with Gasteiger partial charge in [-0.25, -0.2) is 17.2 Å². The molecule has 1 fully saturated rings. The van der Waals surface area contributed by atoms with Gasteiger partial charge in [0.05, 0.1) is 11.6 Å². The average molecular weight is 530 g/mol. The predicted octanol–water partition coefficient (Wildman–Crippen LogP) is 5.40. The molecule has 0 aliphatic carbocycles. The Kier molecular flexibility index (Phi) is 7.61. The van der Waals surface area contributed by atoms with Crippen LogP contribution in [0.3, 0.4) is 0 Å². The molecular formula is C27H29F2N3O4S. The van der Waals surface area contributed by atoms with E-state index in [1.165, 1.54) is 4.31 Å². The number of aryl methyl sites for hydroxylation is 4. The maximum absolute atomic E-state index is 14.0. The largest absolute Gasteiger partial charge is 0.355 e. The molecular weight excluding hydrogens is 500 g/mol. The Morgan fingerprint density at radius 2 is 1.81 bits per heavy atom. The minimum atomic E-state index is -4.05. The van der Waals surface area contributed by atoms with Gasteiger partial charge in [-0.2, -0.15) is 4.31 Å². The fraction of sp³-hybridized carbons (Fsp3) is 0.333. The van der Waals surface area contributed by atoms with Gasteiger partial charge in [0, 0.05) is 19.2 Å². The van der Waals surface area contributed by atoms with E-state index in [1.54, 1.807) is 13.0 Å². The van der Waals surface area contributed by atoms with E-state index in [2.05, 4.69) is 10.5 Å². The van der Waals surface area contributed by atoms with Crippen LogP contribution in [0.4, 0.5) is 14.5 Å². The number of anilines is 1. The van der Waals surface area contributed by atoms with Crippen molar-refractivity contribution in [3.63, 3.8) is 0 Å². The number of nitrogens with zero attached hydrogens (tertiary/aromatic N) is 2. The monoisotopic (exact) mass is 529 g/mol. The van der Waals surface area contributed by atoms with E-state index >= 15 is 0 Å². The van der Waals surface area contributed by atoms with Crippen LogP contribution in [0.15, 0.2) is 39.8 Å². The van der Waals surface area contributed by atoms with Gasteiger partial charge in [-0.3, -0.25) is 4.79 Å². The van der Waals surface area contributed by atoms with Gasteiger partial charge < -0.3 is 9.84 Å². The van der Waals surface area contributed by atoms with Crippen LogP contribution in [0.2, 0.25) is 0 Å². The van der Waals surface area contributed by atoms with Gasteiger partial charge in [0.1, 0.15) is 17.3 Å². The number of amides is 1. The number of halogens is 2. The molecule has 0 spiro atoms. The number of carbonyl (C=O) groups is 1. The Balaban J connectivity index is 1.57. The van der Waals surface area contributed by atoms with Gasteiger partial charge in [0.25, 0.3) is 0 Å². The van der Waals surface area contributed by atoms with Crippen molar-refractivity contribution in [3.05, 3.63) is 75.7 Å². The smallest absolute Gasteiger partial charge is 0.248 e. The Bertz CT molecular complexity index is 1460. The van der Waals surface area contributed by atoms with Crippen molar-refractivity contribution in [2.45, 2.75) is 45.4 Å². The lowest BCUT2D eigenvalue weighted by atomic mass is 9.98. The number of nitrogens with one attached hydrogen (secondary N) is 1. The number of benzene rings is 2. The first-order valence-corrected chi connectivity index (χ1v) is 13.4. The number of carbonyl (C=O) groups excluding carboxylic acids is 1. The van der Waals surface area contributed by atoms with E-state index in [1.807, 2.05) is 39.0 Å². The molecule has 1 N–H and O–H groups in total. The highest BCUT2D eigenvalue weighted by molar-refractivity contribution is 7.89. The average Bonchev–Trinajstić information content (AvgIpc) is 3.21. The third-order valence-corrected chi connectivity index (χ3v) is 8.54. The van der Waals surface area contributed by atoms with Crippen molar-refractivity contribution < 1.29 is 26.5 Å². The Morgan fingerprint density at radius 1 is 1.11 bits per heavy atom. The van der Waals surface area contributed by atoms with Crippen molar-refractivity contribution in [2.75, 3.05) is 18.4 Å². The van der Waals surface area contributed by atoms with E-state index in [-0.39, 0.29) is 35.1 Å². The molecule has 2 heterocycles. The van der Waals surface area contributed by atoms with Gasteiger partial charge in [-0.15, -0.1) is 0 Å². The summed E-state index contributed by atoms with van der Waals surface area (Å²) in [6.07, 6.45) is 4.25. The highest BCUT2D eigenvalue weighted by Gasteiger charge is 2.37. The van der Waals surface area contributed by atoms with E-state index < -0.39 is 33.5 Å². The molecule has 196 valence electrons. The summed E-state index contributed by atoms with van der Waals surface area (Å²) in [7, 11) is -4.05. The third kappa shape index (κ3) is 5.65. The second kappa shape index (κ2) is 10.5. The summed E-state index contributed by atoms with van der Waals surface area (Å²) in [5.74, 6) is -2.67. The van der Waals surface area contributed by atoms with Crippen molar-refractivity contribution in [3.8, 4) is 0 Å². The maximum atomic E-state index is 14.0. The van der Waals surface area contributed by atoms with Gasteiger partial charge in [-0.05, 0) is 75.4 Å². The number of piperidine rings is 1. The highest BCUT2D eigenvalue weighted by atomic mass is 32.2. The predicted molar refractivity (Wildman–Crippen MR) is 137 cm³/mol. The van der Waals surface area contributed by atoms with E-state index in [0.717, 1.165) is 40.5 Å². The van der Waals surface area contributed by atoms with Crippen LogP contribution in [0.5, 0.6) is 0 Å². The molecule has 1 aromatic heterocycles. The molecule has 0 bridgehead atoms.